The van der Waals surface area contributed by atoms with Crippen LogP contribution in [-0.4, -0.2) is 23.2 Å². The van der Waals surface area contributed by atoms with Gasteiger partial charge in [0.15, 0.2) is 11.0 Å². The van der Waals surface area contributed by atoms with Gasteiger partial charge in [-0.25, -0.2) is 9.97 Å². The van der Waals surface area contributed by atoms with Crippen molar-refractivity contribution in [3.63, 3.8) is 0 Å². The normalized spacial score (nSPS) is 10.7. The Kier molecular flexibility index (Phi) is 4.75. The van der Waals surface area contributed by atoms with E-state index in [-0.39, 0.29) is 5.91 Å². The third kappa shape index (κ3) is 3.89. The van der Waals surface area contributed by atoms with Gasteiger partial charge in [0.1, 0.15) is 0 Å². The Hall–Kier alpha value is -2.27. The van der Waals surface area contributed by atoms with Gasteiger partial charge in [-0.2, -0.15) is 0 Å². The molecule has 0 unspecified atom stereocenters. The van der Waals surface area contributed by atoms with Gasteiger partial charge < -0.3 is 5.32 Å². The third-order valence-electron chi connectivity index (χ3n) is 3.35. The Labute approximate surface area is 133 Å². The van der Waals surface area contributed by atoms with Crippen LogP contribution >= 0.6 is 11.8 Å². The summed E-state index contributed by atoms with van der Waals surface area (Å²) in [5, 5.41) is 3.85. The number of para-hydroxylation sites is 2. The zero-order valence-corrected chi connectivity index (χ0v) is 13.0. The van der Waals surface area contributed by atoms with Crippen LogP contribution in [0.1, 0.15) is 5.56 Å². The second-order valence-corrected chi connectivity index (χ2v) is 5.98. The maximum absolute atomic E-state index is 11.9. The van der Waals surface area contributed by atoms with Crippen molar-refractivity contribution in [2.75, 3.05) is 12.3 Å². The first kappa shape index (κ1) is 14.7. The van der Waals surface area contributed by atoms with E-state index in [0.717, 1.165) is 22.6 Å². The molecule has 112 valence electrons. The number of nitrogens with one attached hydrogen (secondary N) is 3. The monoisotopic (exact) mass is 312 g/mol. The van der Waals surface area contributed by atoms with E-state index in [1.54, 1.807) is 0 Å². The SMILES string of the molecule is O=C(CSc1[nH]c2ccccc2[nH+]1)NCCc1ccccc1. The van der Waals surface area contributed by atoms with Crippen molar-refractivity contribution < 1.29 is 9.78 Å². The predicted octanol–water partition coefficient (Wildman–Crippen LogP) is 2.43. The zero-order chi connectivity index (χ0) is 15.2. The number of rotatable bonds is 6. The van der Waals surface area contributed by atoms with E-state index < -0.39 is 0 Å². The van der Waals surface area contributed by atoms with Crippen LogP contribution in [0, 0.1) is 0 Å². The van der Waals surface area contributed by atoms with Crippen molar-refractivity contribution in [1.82, 2.24) is 10.3 Å². The Morgan fingerprint density at radius 1 is 1.09 bits per heavy atom. The molecule has 2 aromatic carbocycles. The molecule has 0 aliphatic rings. The number of hydrogen-bond donors (Lipinski definition) is 2. The lowest BCUT2D eigenvalue weighted by atomic mass is 10.1. The summed E-state index contributed by atoms with van der Waals surface area (Å²) in [6.07, 6.45) is 0.857. The second kappa shape index (κ2) is 7.13. The highest BCUT2D eigenvalue weighted by atomic mass is 32.2. The van der Waals surface area contributed by atoms with Crippen LogP contribution in [0.4, 0.5) is 0 Å². The van der Waals surface area contributed by atoms with Crippen LogP contribution in [0.15, 0.2) is 59.8 Å². The molecule has 1 heterocycles. The quantitative estimate of drug-likeness (QED) is 0.687. The van der Waals surface area contributed by atoms with Crippen molar-refractivity contribution in [3.8, 4) is 0 Å². The molecule has 22 heavy (non-hydrogen) atoms. The molecule has 3 aromatic rings. The largest absolute Gasteiger partial charge is 0.355 e. The van der Waals surface area contributed by atoms with Crippen molar-refractivity contribution in [3.05, 3.63) is 60.2 Å². The highest BCUT2D eigenvalue weighted by molar-refractivity contribution is 7.99. The number of H-pyrrole nitrogens is 2. The third-order valence-corrected chi connectivity index (χ3v) is 4.25. The summed E-state index contributed by atoms with van der Waals surface area (Å²) in [6, 6.07) is 18.1. The van der Waals surface area contributed by atoms with Gasteiger partial charge in [-0.3, -0.25) is 4.79 Å². The van der Waals surface area contributed by atoms with E-state index in [2.05, 4.69) is 27.4 Å². The fourth-order valence-electron chi connectivity index (χ4n) is 2.23. The van der Waals surface area contributed by atoms with Gasteiger partial charge in [0.2, 0.25) is 5.91 Å². The van der Waals surface area contributed by atoms with E-state index in [9.17, 15) is 4.79 Å². The minimum Gasteiger partial charge on any atom is -0.355 e. The number of carbonyl (C=O) groups excluding carboxylic acids is 1. The number of benzene rings is 2. The number of aromatic amines is 2. The fraction of sp³-hybridized carbons (Fsp3) is 0.176. The Morgan fingerprint density at radius 3 is 2.68 bits per heavy atom. The van der Waals surface area contributed by atoms with Gasteiger partial charge in [0.05, 0.1) is 5.75 Å². The number of thioether (sulfide) groups is 1. The van der Waals surface area contributed by atoms with E-state index in [1.165, 1.54) is 17.3 Å². The lowest BCUT2D eigenvalue weighted by molar-refractivity contribution is -0.396. The molecule has 0 saturated heterocycles. The van der Waals surface area contributed by atoms with E-state index in [0.29, 0.717) is 12.3 Å². The standard InChI is InChI=1S/C17H17N3OS/c21-16(18-11-10-13-6-2-1-3-7-13)12-22-17-19-14-8-4-5-9-15(14)20-17/h1-9H,10-12H2,(H,18,21)(H,19,20)/p+1. The number of imidazole rings is 1. The van der Waals surface area contributed by atoms with Crippen molar-refractivity contribution in [2.24, 2.45) is 0 Å². The maximum atomic E-state index is 11.9. The van der Waals surface area contributed by atoms with Crippen LogP contribution in [0.3, 0.4) is 0 Å². The topological polar surface area (TPSA) is 59.0 Å². The molecule has 0 atom stereocenters. The number of carbonyl (C=O) groups is 1. The molecule has 0 aliphatic carbocycles. The molecule has 3 rings (SSSR count). The number of amides is 1. The minimum atomic E-state index is 0.0491. The second-order valence-electron chi connectivity index (χ2n) is 5.00. The molecule has 0 aliphatic heterocycles. The van der Waals surface area contributed by atoms with Crippen molar-refractivity contribution in [1.29, 1.82) is 0 Å². The smallest absolute Gasteiger partial charge is 0.315 e. The zero-order valence-electron chi connectivity index (χ0n) is 12.1. The van der Waals surface area contributed by atoms with E-state index in [1.807, 2.05) is 42.5 Å². The van der Waals surface area contributed by atoms with Crippen LogP contribution in [0.25, 0.3) is 11.0 Å². The molecule has 1 amide bonds. The average Bonchev–Trinajstić information content (AvgIpc) is 2.97. The first-order valence-electron chi connectivity index (χ1n) is 7.25. The first-order valence-corrected chi connectivity index (χ1v) is 8.23. The fourth-order valence-corrected chi connectivity index (χ4v) is 2.97. The summed E-state index contributed by atoms with van der Waals surface area (Å²) < 4.78 is 0. The molecule has 5 heteroatoms. The van der Waals surface area contributed by atoms with Gasteiger partial charge in [-0.15, -0.1) is 0 Å². The molecule has 4 nitrogen and oxygen atoms in total. The Morgan fingerprint density at radius 2 is 1.86 bits per heavy atom. The van der Waals surface area contributed by atoms with Crippen LogP contribution < -0.4 is 10.3 Å². The van der Waals surface area contributed by atoms with Gasteiger partial charge in [0, 0.05) is 6.54 Å². The van der Waals surface area contributed by atoms with Gasteiger partial charge in [0.25, 0.3) is 0 Å². The van der Waals surface area contributed by atoms with E-state index in [4.69, 9.17) is 0 Å². The predicted molar refractivity (Wildman–Crippen MR) is 88.7 cm³/mol. The van der Waals surface area contributed by atoms with Gasteiger partial charge >= 0.3 is 5.16 Å². The lowest BCUT2D eigenvalue weighted by Crippen LogP contribution is -2.27. The Bertz CT molecular complexity index is 722. The van der Waals surface area contributed by atoms with Gasteiger partial charge in [-0.1, -0.05) is 42.5 Å². The van der Waals surface area contributed by atoms with Crippen LogP contribution in [0.5, 0.6) is 0 Å². The minimum absolute atomic E-state index is 0.0491. The van der Waals surface area contributed by atoms with E-state index >= 15 is 0 Å². The summed E-state index contributed by atoms with van der Waals surface area (Å²) in [5.74, 6) is 0.450. The molecule has 0 bridgehead atoms. The molecular weight excluding hydrogens is 294 g/mol. The summed E-state index contributed by atoms with van der Waals surface area (Å²) in [7, 11) is 0. The van der Waals surface area contributed by atoms with Crippen molar-refractivity contribution >= 4 is 28.7 Å². The average molecular weight is 312 g/mol. The summed E-state index contributed by atoms with van der Waals surface area (Å²) in [6.45, 7) is 0.666. The first-order chi connectivity index (χ1) is 10.8. The molecule has 0 saturated carbocycles. The summed E-state index contributed by atoms with van der Waals surface area (Å²) in [5.41, 5.74) is 3.34. The number of aromatic nitrogens is 2. The molecule has 0 radical (unpaired) electrons. The molecule has 1 aromatic heterocycles. The summed E-state index contributed by atoms with van der Waals surface area (Å²) >= 11 is 1.48. The van der Waals surface area contributed by atoms with Crippen LogP contribution in [0.2, 0.25) is 0 Å². The van der Waals surface area contributed by atoms with Gasteiger partial charge in [-0.05, 0) is 35.9 Å². The molecule has 0 spiro atoms. The lowest BCUT2D eigenvalue weighted by Gasteiger charge is -2.03. The molecular formula is C17H18N3OS+. The number of hydrogen-bond acceptors (Lipinski definition) is 2. The van der Waals surface area contributed by atoms with Crippen LogP contribution in [-0.2, 0) is 11.2 Å². The maximum Gasteiger partial charge on any atom is 0.315 e. The molecule has 3 N–H and O–H groups in total. The highest BCUT2D eigenvalue weighted by Crippen LogP contribution is 2.14. The number of fused-ring (bicyclic) bond motifs is 1. The van der Waals surface area contributed by atoms with Crippen molar-refractivity contribution in [2.45, 2.75) is 11.6 Å². The highest BCUT2D eigenvalue weighted by Gasteiger charge is 2.11. The molecule has 0 fully saturated rings. The summed E-state index contributed by atoms with van der Waals surface area (Å²) in [4.78, 5) is 18.4. The Balaban J connectivity index is 1.44.